The summed E-state index contributed by atoms with van der Waals surface area (Å²) < 4.78 is 0. The van der Waals surface area contributed by atoms with Gasteiger partial charge in [-0.2, -0.15) is 0 Å². The Balaban J connectivity index is 1.83. The number of carbonyl (C=O) groups is 1. The zero-order valence-corrected chi connectivity index (χ0v) is 12.7. The molecule has 1 fully saturated rings. The van der Waals surface area contributed by atoms with Crippen molar-refractivity contribution in [2.75, 3.05) is 37.6 Å². The Morgan fingerprint density at radius 2 is 1.95 bits per heavy atom. The molecule has 0 saturated carbocycles. The predicted molar refractivity (Wildman–Crippen MR) is 83.5 cm³/mol. The highest BCUT2D eigenvalue weighted by Crippen LogP contribution is 2.25. The van der Waals surface area contributed by atoms with Crippen LogP contribution in [0.3, 0.4) is 0 Å². The highest BCUT2D eigenvalue weighted by Gasteiger charge is 2.21. The van der Waals surface area contributed by atoms with Gasteiger partial charge >= 0.3 is 6.03 Å². The first-order valence-electron chi connectivity index (χ1n) is 7.24. The standard InChI is InChI=1S/C15H22ClN3O/c1-2-3-8-17-15(20)19-11-9-18(10-12-19)14-7-5-4-6-13(14)16/h4-7H,2-3,8-12H2,1H3,(H,17,20). The largest absolute Gasteiger partial charge is 0.367 e. The lowest BCUT2D eigenvalue weighted by Crippen LogP contribution is -2.52. The number of unbranched alkanes of at least 4 members (excludes halogenated alkanes) is 1. The maximum absolute atomic E-state index is 12.0. The van der Waals surface area contributed by atoms with E-state index in [1.165, 1.54) is 0 Å². The molecular formula is C15H22ClN3O. The van der Waals surface area contributed by atoms with E-state index in [-0.39, 0.29) is 6.03 Å². The summed E-state index contributed by atoms with van der Waals surface area (Å²) in [5.74, 6) is 0. The van der Waals surface area contributed by atoms with Gasteiger partial charge in [-0.3, -0.25) is 0 Å². The molecule has 110 valence electrons. The van der Waals surface area contributed by atoms with Crippen molar-refractivity contribution < 1.29 is 4.79 Å². The van der Waals surface area contributed by atoms with Crippen LogP contribution in [0.2, 0.25) is 5.02 Å². The molecular weight excluding hydrogens is 274 g/mol. The van der Waals surface area contributed by atoms with Gasteiger partial charge in [0.1, 0.15) is 0 Å². The van der Waals surface area contributed by atoms with Crippen molar-refractivity contribution in [3.63, 3.8) is 0 Å². The Morgan fingerprint density at radius 1 is 1.25 bits per heavy atom. The van der Waals surface area contributed by atoms with E-state index in [9.17, 15) is 4.79 Å². The monoisotopic (exact) mass is 295 g/mol. The van der Waals surface area contributed by atoms with Crippen molar-refractivity contribution in [3.8, 4) is 0 Å². The Labute approximate surface area is 125 Å². The van der Waals surface area contributed by atoms with Crippen molar-refractivity contribution in [1.29, 1.82) is 0 Å². The molecule has 20 heavy (non-hydrogen) atoms. The third-order valence-corrected chi connectivity index (χ3v) is 3.89. The van der Waals surface area contributed by atoms with Crippen LogP contribution in [0.5, 0.6) is 0 Å². The minimum absolute atomic E-state index is 0.0530. The van der Waals surface area contributed by atoms with Crippen LogP contribution in [0, 0.1) is 0 Å². The zero-order chi connectivity index (χ0) is 14.4. The molecule has 1 aliphatic heterocycles. The van der Waals surface area contributed by atoms with Crippen LogP contribution in [0.1, 0.15) is 19.8 Å². The second-order valence-corrected chi connectivity index (χ2v) is 5.42. The predicted octanol–water partition coefficient (Wildman–Crippen LogP) is 2.97. The normalized spacial score (nSPS) is 15.3. The van der Waals surface area contributed by atoms with Crippen LogP contribution < -0.4 is 10.2 Å². The van der Waals surface area contributed by atoms with Crippen LogP contribution in [0.25, 0.3) is 0 Å². The Bertz CT molecular complexity index is 444. The van der Waals surface area contributed by atoms with Crippen LogP contribution in [0.15, 0.2) is 24.3 Å². The van der Waals surface area contributed by atoms with Gasteiger partial charge < -0.3 is 15.1 Å². The molecule has 1 heterocycles. The van der Waals surface area contributed by atoms with Gasteiger partial charge in [0, 0.05) is 32.7 Å². The third-order valence-electron chi connectivity index (χ3n) is 3.57. The van der Waals surface area contributed by atoms with Gasteiger partial charge in [-0.05, 0) is 18.6 Å². The first-order chi connectivity index (χ1) is 9.72. The first kappa shape index (κ1) is 15.0. The zero-order valence-electron chi connectivity index (χ0n) is 11.9. The van der Waals surface area contributed by atoms with E-state index in [1.807, 2.05) is 29.2 Å². The SMILES string of the molecule is CCCCNC(=O)N1CCN(c2ccccc2Cl)CC1. The minimum atomic E-state index is 0.0530. The number of piperazine rings is 1. The molecule has 2 amide bonds. The van der Waals surface area contributed by atoms with E-state index in [1.54, 1.807) is 0 Å². The fourth-order valence-electron chi connectivity index (χ4n) is 2.34. The molecule has 0 atom stereocenters. The molecule has 1 saturated heterocycles. The summed E-state index contributed by atoms with van der Waals surface area (Å²) in [5, 5.41) is 3.73. The Kier molecular flexibility index (Phi) is 5.53. The van der Waals surface area contributed by atoms with E-state index < -0.39 is 0 Å². The van der Waals surface area contributed by atoms with E-state index in [2.05, 4.69) is 17.1 Å². The van der Waals surface area contributed by atoms with Crippen molar-refractivity contribution in [1.82, 2.24) is 10.2 Å². The second-order valence-electron chi connectivity index (χ2n) is 5.01. The lowest BCUT2D eigenvalue weighted by molar-refractivity contribution is 0.194. The number of hydrogen-bond donors (Lipinski definition) is 1. The fourth-order valence-corrected chi connectivity index (χ4v) is 2.60. The topological polar surface area (TPSA) is 35.6 Å². The number of amides is 2. The molecule has 1 N–H and O–H groups in total. The van der Waals surface area contributed by atoms with Crippen molar-refractivity contribution >= 4 is 23.3 Å². The Hall–Kier alpha value is -1.42. The van der Waals surface area contributed by atoms with Crippen molar-refractivity contribution in [2.45, 2.75) is 19.8 Å². The number of halogens is 1. The van der Waals surface area contributed by atoms with Crippen LogP contribution in [-0.4, -0.2) is 43.7 Å². The van der Waals surface area contributed by atoms with Gasteiger partial charge in [-0.1, -0.05) is 37.1 Å². The van der Waals surface area contributed by atoms with Crippen LogP contribution in [0.4, 0.5) is 10.5 Å². The van der Waals surface area contributed by atoms with Gasteiger partial charge in [0.15, 0.2) is 0 Å². The lowest BCUT2D eigenvalue weighted by Gasteiger charge is -2.36. The van der Waals surface area contributed by atoms with E-state index in [0.717, 1.165) is 56.3 Å². The van der Waals surface area contributed by atoms with Crippen LogP contribution >= 0.6 is 11.6 Å². The molecule has 0 unspecified atom stereocenters. The number of anilines is 1. The number of rotatable bonds is 4. The summed E-state index contributed by atoms with van der Waals surface area (Å²) in [4.78, 5) is 16.1. The van der Waals surface area contributed by atoms with Crippen molar-refractivity contribution in [3.05, 3.63) is 29.3 Å². The number of nitrogens with zero attached hydrogens (tertiary/aromatic N) is 2. The molecule has 0 bridgehead atoms. The summed E-state index contributed by atoms with van der Waals surface area (Å²) in [6, 6.07) is 7.91. The Morgan fingerprint density at radius 3 is 2.60 bits per heavy atom. The molecule has 1 aromatic carbocycles. The van der Waals surface area contributed by atoms with E-state index in [4.69, 9.17) is 11.6 Å². The minimum Gasteiger partial charge on any atom is -0.367 e. The first-order valence-corrected chi connectivity index (χ1v) is 7.62. The average molecular weight is 296 g/mol. The summed E-state index contributed by atoms with van der Waals surface area (Å²) in [6.07, 6.45) is 2.13. The number of para-hydroxylation sites is 1. The second kappa shape index (κ2) is 7.39. The van der Waals surface area contributed by atoms with Gasteiger partial charge in [-0.25, -0.2) is 4.79 Å². The smallest absolute Gasteiger partial charge is 0.317 e. The average Bonchev–Trinajstić information content (AvgIpc) is 2.48. The van der Waals surface area contributed by atoms with Gasteiger partial charge in [0.05, 0.1) is 10.7 Å². The molecule has 5 heteroatoms. The third kappa shape index (κ3) is 3.79. The molecule has 4 nitrogen and oxygen atoms in total. The van der Waals surface area contributed by atoms with Gasteiger partial charge in [0.2, 0.25) is 0 Å². The molecule has 0 radical (unpaired) electrons. The lowest BCUT2D eigenvalue weighted by atomic mass is 10.2. The number of hydrogen-bond acceptors (Lipinski definition) is 2. The number of benzene rings is 1. The molecule has 0 spiro atoms. The highest BCUT2D eigenvalue weighted by molar-refractivity contribution is 6.33. The maximum atomic E-state index is 12.0. The molecule has 2 rings (SSSR count). The molecule has 0 aromatic heterocycles. The number of nitrogens with one attached hydrogen (secondary N) is 1. The highest BCUT2D eigenvalue weighted by atomic mass is 35.5. The van der Waals surface area contributed by atoms with Gasteiger partial charge in [-0.15, -0.1) is 0 Å². The number of urea groups is 1. The van der Waals surface area contributed by atoms with Crippen LogP contribution in [-0.2, 0) is 0 Å². The van der Waals surface area contributed by atoms with E-state index in [0.29, 0.717) is 0 Å². The quantitative estimate of drug-likeness (QED) is 0.867. The van der Waals surface area contributed by atoms with Gasteiger partial charge in [0.25, 0.3) is 0 Å². The van der Waals surface area contributed by atoms with Crippen molar-refractivity contribution in [2.24, 2.45) is 0 Å². The molecule has 1 aliphatic rings. The fraction of sp³-hybridized carbons (Fsp3) is 0.533. The maximum Gasteiger partial charge on any atom is 0.317 e. The summed E-state index contributed by atoms with van der Waals surface area (Å²) in [6.45, 7) is 6.01. The summed E-state index contributed by atoms with van der Waals surface area (Å²) in [5.41, 5.74) is 1.06. The number of carbonyl (C=O) groups excluding carboxylic acids is 1. The molecule has 0 aliphatic carbocycles. The van der Waals surface area contributed by atoms with E-state index >= 15 is 0 Å². The summed E-state index contributed by atoms with van der Waals surface area (Å²) in [7, 11) is 0. The molecule has 1 aromatic rings. The summed E-state index contributed by atoms with van der Waals surface area (Å²) >= 11 is 6.21.